The van der Waals surface area contributed by atoms with Crippen molar-refractivity contribution in [2.45, 2.75) is 71.0 Å². The maximum absolute atomic E-state index is 14.1. The Bertz CT molecular complexity index is 1170. The normalized spacial score (nSPS) is 18.9. The number of piperazine rings is 2. The number of rotatable bonds is 20. The van der Waals surface area contributed by atoms with Crippen molar-refractivity contribution >= 4 is 29.4 Å². The van der Waals surface area contributed by atoms with Gasteiger partial charge in [0.2, 0.25) is 11.8 Å². The molecule has 0 aliphatic carbocycles. The second kappa shape index (κ2) is 21.7. The first-order valence-electron chi connectivity index (χ1n) is 17.5. The summed E-state index contributed by atoms with van der Waals surface area (Å²) in [6.07, 6.45) is 1.07. The van der Waals surface area contributed by atoms with Gasteiger partial charge in [-0.2, -0.15) is 0 Å². The van der Waals surface area contributed by atoms with E-state index in [1.54, 1.807) is 15.9 Å². The van der Waals surface area contributed by atoms with Crippen molar-refractivity contribution in [2.75, 3.05) is 98.7 Å². The second-order valence-electron chi connectivity index (χ2n) is 13.2. The van der Waals surface area contributed by atoms with Crippen molar-refractivity contribution in [3.8, 4) is 0 Å². The van der Waals surface area contributed by atoms with Gasteiger partial charge < -0.3 is 38.8 Å². The van der Waals surface area contributed by atoms with E-state index in [4.69, 9.17) is 35.3 Å². The Morgan fingerprint density at radius 1 is 0.918 bits per heavy atom. The van der Waals surface area contributed by atoms with Crippen LogP contribution in [0.25, 0.3) is 0 Å². The number of nitrogens with one attached hydrogen (secondary N) is 1. The van der Waals surface area contributed by atoms with E-state index in [0.717, 1.165) is 6.54 Å². The Morgan fingerprint density at radius 3 is 2.24 bits per heavy atom. The lowest BCUT2D eigenvalue weighted by atomic mass is 10.0. The molecule has 3 rings (SSSR count). The van der Waals surface area contributed by atoms with Crippen LogP contribution in [0.5, 0.6) is 0 Å². The molecule has 49 heavy (non-hydrogen) atoms. The van der Waals surface area contributed by atoms with E-state index in [1.807, 2.05) is 6.92 Å². The third kappa shape index (κ3) is 14.8. The fourth-order valence-electron chi connectivity index (χ4n) is 5.81. The number of ether oxygens (including phenoxy) is 5. The molecule has 0 saturated carbocycles. The Balaban J connectivity index is 1.44. The van der Waals surface area contributed by atoms with Gasteiger partial charge in [0.15, 0.2) is 0 Å². The molecule has 2 heterocycles. The molecule has 2 fully saturated rings. The van der Waals surface area contributed by atoms with Crippen LogP contribution in [-0.2, 0) is 44.5 Å². The highest BCUT2D eigenvalue weighted by molar-refractivity contribution is 6.30. The van der Waals surface area contributed by atoms with Crippen molar-refractivity contribution in [3.05, 3.63) is 34.6 Å². The first-order valence-corrected chi connectivity index (χ1v) is 17.8. The molecule has 2 unspecified atom stereocenters. The average Bonchev–Trinajstić information content (AvgIpc) is 3.07. The number of amides is 2. The Kier molecular flexibility index (Phi) is 18.2. The summed E-state index contributed by atoms with van der Waals surface area (Å²) in [7, 11) is 0. The van der Waals surface area contributed by atoms with E-state index in [9.17, 15) is 18.8 Å². The smallest absolute Gasteiger partial charge is 0.305 e. The van der Waals surface area contributed by atoms with Crippen LogP contribution in [0.15, 0.2) is 18.2 Å². The molecule has 0 spiro atoms. The standard InChI is InChI=1S/C35H56ClFN4O8/c1-5-45-17-18-47-21-22-48-20-19-46-15-6-7-33(43)49-16-10-28-25-39(34(44)31-26-40(12-11-38-31)35(2,3)4)13-14-41(28)32(42)24-27-8-9-29(36)30(37)23-27/h8-9,23,28,31,38H,5-7,10-22,24-26H2,1-4H3. The summed E-state index contributed by atoms with van der Waals surface area (Å²) in [6.45, 7) is 15.7. The van der Waals surface area contributed by atoms with Gasteiger partial charge in [0.05, 0.1) is 69.8 Å². The average molecular weight is 715 g/mol. The first kappa shape index (κ1) is 41.0. The lowest BCUT2D eigenvalue weighted by molar-refractivity contribution is -0.148. The van der Waals surface area contributed by atoms with Crippen LogP contribution >= 0.6 is 11.6 Å². The van der Waals surface area contributed by atoms with Crippen molar-refractivity contribution in [1.82, 2.24) is 20.0 Å². The molecule has 1 N–H and O–H groups in total. The molecule has 2 saturated heterocycles. The van der Waals surface area contributed by atoms with Crippen molar-refractivity contribution in [2.24, 2.45) is 0 Å². The molecule has 12 nitrogen and oxygen atoms in total. The topological polar surface area (TPSA) is 119 Å². The third-order valence-corrected chi connectivity index (χ3v) is 8.89. The van der Waals surface area contributed by atoms with Crippen molar-refractivity contribution < 1.29 is 42.5 Å². The molecular weight excluding hydrogens is 659 g/mol. The van der Waals surface area contributed by atoms with Crippen LogP contribution in [0, 0.1) is 5.82 Å². The summed E-state index contributed by atoms with van der Waals surface area (Å²) < 4.78 is 41.2. The monoisotopic (exact) mass is 714 g/mol. The molecular formula is C35H56ClFN4O8. The van der Waals surface area contributed by atoms with Gasteiger partial charge in [-0.25, -0.2) is 4.39 Å². The maximum atomic E-state index is 14.1. The predicted molar refractivity (Wildman–Crippen MR) is 184 cm³/mol. The summed E-state index contributed by atoms with van der Waals surface area (Å²) in [6, 6.07) is 3.63. The molecule has 1 aromatic carbocycles. The number of hydrogen-bond donors (Lipinski definition) is 1. The predicted octanol–water partition coefficient (Wildman–Crippen LogP) is 2.93. The van der Waals surface area contributed by atoms with Gasteiger partial charge in [-0.15, -0.1) is 0 Å². The number of carbonyl (C=O) groups excluding carboxylic acids is 3. The van der Waals surface area contributed by atoms with Crippen LogP contribution in [-0.4, -0.2) is 149 Å². The van der Waals surface area contributed by atoms with Gasteiger partial charge in [-0.3, -0.25) is 19.3 Å². The van der Waals surface area contributed by atoms with E-state index >= 15 is 0 Å². The Labute approximate surface area is 295 Å². The highest BCUT2D eigenvalue weighted by Gasteiger charge is 2.37. The van der Waals surface area contributed by atoms with Gasteiger partial charge in [0.25, 0.3) is 0 Å². The maximum Gasteiger partial charge on any atom is 0.305 e. The van der Waals surface area contributed by atoms with Crippen molar-refractivity contribution in [3.63, 3.8) is 0 Å². The fourth-order valence-corrected chi connectivity index (χ4v) is 5.92. The van der Waals surface area contributed by atoms with Crippen LogP contribution in [0.2, 0.25) is 5.02 Å². The molecule has 0 aromatic heterocycles. The zero-order chi connectivity index (χ0) is 35.6. The largest absolute Gasteiger partial charge is 0.466 e. The number of nitrogens with zero attached hydrogens (tertiary/aromatic N) is 3. The van der Waals surface area contributed by atoms with E-state index in [2.05, 4.69) is 31.0 Å². The number of benzene rings is 1. The zero-order valence-corrected chi connectivity index (χ0v) is 30.4. The number of halogens is 2. The molecule has 2 atom stereocenters. The second-order valence-corrected chi connectivity index (χ2v) is 13.6. The van der Waals surface area contributed by atoms with E-state index in [-0.39, 0.29) is 59.9 Å². The lowest BCUT2D eigenvalue weighted by Crippen LogP contribution is -2.64. The minimum absolute atomic E-state index is 0.000870. The molecule has 0 radical (unpaired) electrons. The molecule has 2 aliphatic heterocycles. The van der Waals surface area contributed by atoms with Gasteiger partial charge in [0.1, 0.15) is 5.82 Å². The van der Waals surface area contributed by atoms with Crippen LogP contribution in [0.4, 0.5) is 4.39 Å². The quantitative estimate of drug-likeness (QED) is 0.160. The highest BCUT2D eigenvalue weighted by atomic mass is 35.5. The number of esters is 1. The first-order chi connectivity index (χ1) is 23.5. The summed E-state index contributed by atoms with van der Waals surface area (Å²) in [5, 5.41) is 3.36. The van der Waals surface area contributed by atoms with Gasteiger partial charge in [0, 0.05) is 70.9 Å². The van der Waals surface area contributed by atoms with E-state index < -0.39 is 5.82 Å². The summed E-state index contributed by atoms with van der Waals surface area (Å²) >= 11 is 5.83. The number of carbonyl (C=O) groups is 3. The van der Waals surface area contributed by atoms with Crippen LogP contribution < -0.4 is 5.32 Å². The summed E-state index contributed by atoms with van der Waals surface area (Å²) in [5.74, 6) is -1.12. The van der Waals surface area contributed by atoms with Gasteiger partial charge in [-0.1, -0.05) is 17.7 Å². The van der Waals surface area contributed by atoms with E-state index in [0.29, 0.717) is 104 Å². The molecule has 0 bridgehead atoms. The summed E-state index contributed by atoms with van der Waals surface area (Å²) in [4.78, 5) is 45.4. The molecule has 2 amide bonds. The lowest BCUT2D eigenvalue weighted by Gasteiger charge is -2.45. The zero-order valence-electron chi connectivity index (χ0n) is 29.7. The van der Waals surface area contributed by atoms with Gasteiger partial charge >= 0.3 is 5.97 Å². The molecule has 1 aromatic rings. The third-order valence-electron chi connectivity index (χ3n) is 8.58. The van der Waals surface area contributed by atoms with Crippen LogP contribution in [0.3, 0.4) is 0 Å². The SMILES string of the molecule is CCOCCOCCOCCOCCCC(=O)OCCC1CN(C(=O)C2CN(C(C)(C)C)CCN2)CCN1C(=O)Cc1ccc(Cl)c(F)c1. The molecule has 14 heteroatoms. The molecule has 278 valence electrons. The minimum atomic E-state index is -0.580. The van der Waals surface area contributed by atoms with E-state index in [1.165, 1.54) is 12.1 Å². The van der Waals surface area contributed by atoms with Gasteiger partial charge in [-0.05, 0) is 51.8 Å². The minimum Gasteiger partial charge on any atom is -0.466 e. The Morgan fingerprint density at radius 2 is 1.59 bits per heavy atom. The van der Waals surface area contributed by atoms with Crippen molar-refractivity contribution in [1.29, 1.82) is 0 Å². The number of hydrogen-bond acceptors (Lipinski definition) is 10. The van der Waals surface area contributed by atoms with Crippen LogP contribution in [0.1, 0.15) is 52.5 Å². The highest BCUT2D eigenvalue weighted by Crippen LogP contribution is 2.21. The Hall–Kier alpha value is -2.39. The summed E-state index contributed by atoms with van der Waals surface area (Å²) in [5.41, 5.74) is 0.458. The fraction of sp³-hybridized carbons (Fsp3) is 0.743. The molecule has 2 aliphatic rings.